The molecule has 158 valence electrons. The van der Waals surface area contributed by atoms with Crippen LogP contribution in [0.4, 0.5) is 11.4 Å². The molecule has 0 bridgehead atoms. The minimum Gasteiger partial charge on any atom is -0.372 e. The van der Waals surface area contributed by atoms with Crippen molar-refractivity contribution >= 4 is 28.3 Å². The van der Waals surface area contributed by atoms with Gasteiger partial charge in [0.25, 0.3) is 5.91 Å². The molecule has 1 N–H and O–H groups in total. The molecule has 0 saturated carbocycles. The van der Waals surface area contributed by atoms with E-state index in [0.717, 1.165) is 46.6 Å². The van der Waals surface area contributed by atoms with E-state index in [0.29, 0.717) is 5.56 Å². The van der Waals surface area contributed by atoms with Crippen LogP contribution in [0.25, 0.3) is 16.7 Å². The minimum atomic E-state index is -0.140. The van der Waals surface area contributed by atoms with Crippen molar-refractivity contribution in [2.45, 2.75) is 27.7 Å². The van der Waals surface area contributed by atoms with Gasteiger partial charge in [0.2, 0.25) is 0 Å². The molecular formula is C25H27N5O. The van der Waals surface area contributed by atoms with E-state index in [-0.39, 0.29) is 5.91 Å². The lowest BCUT2D eigenvalue weighted by Crippen LogP contribution is -2.21. The summed E-state index contributed by atoms with van der Waals surface area (Å²) in [6.45, 7) is 10.3. The number of rotatable bonds is 6. The maximum absolute atomic E-state index is 12.6. The van der Waals surface area contributed by atoms with Crippen LogP contribution in [0.5, 0.6) is 0 Å². The summed E-state index contributed by atoms with van der Waals surface area (Å²) < 4.78 is 0. The third-order valence-electron chi connectivity index (χ3n) is 5.54. The molecule has 4 aromatic rings. The molecule has 0 atom stereocenters. The summed E-state index contributed by atoms with van der Waals surface area (Å²) in [5.74, 6) is -0.140. The van der Waals surface area contributed by atoms with E-state index in [1.165, 1.54) is 5.69 Å². The zero-order valence-corrected chi connectivity index (χ0v) is 18.4. The monoisotopic (exact) mass is 413 g/mol. The number of fused-ring (bicyclic) bond motifs is 1. The first-order valence-electron chi connectivity index (χ1n) is 10.6. The Labute approximate surface area is 182 Å². The number of anilines is 2. The highest BCUT2D eigenvalue weighted by atomic mass is 16.1. The zero-order valence-electron chi connectivity index (χ0n) is 18.4. The number of amides is 1. The van der Waals surface area contributed by atoms with E-state index in [4.69, 9.17) is 0 Å². The van der Waals surface area contributed by atoms with Crippen LogP contribution < -0.4 is 10.2 Å². The molecule has 0 spiro atoms. The van der Waals surface area contributed by atoms with Crippen molar-refractivity contribution in [3.8, 4) is 5.69 Å². The summed E-state index contributed by atoms with van der Waals surface area (Å²) in [5.41, 5.74) is 7.08. The lowest BCUT2D eigenvalue weighted by molar-refractivity contribution is 0.102. The predicted octanol–water partition coefficient (Wildman–Crippen LogP) is 5.14. The minimum absolute atomic E-state index is 0.140. The molecule has 0 radical (unpaired) electrons. The van der Waals surface area contributed by atoms with Crippen LogP contribution in [0.3, 0.4) is 0 Å². The van der Waals surface area contributed by atoms with Gasteiger partial charge in [0, 0.05) is 30.0 Å². The third kappa shape index (κ3) is 4.14. The SMILES string of the molecule is CCN(CC)c1ccc(-n2nc3cc(C)c(NC(=O)c4ccccc4)cc3n2)c(C)c1. The summed E-state index contributed by atoms with van der Waals surface area (Å²) in [5, 5.41) is 12.3. The van der Waals surface area contributed by atoms with Gasteiger partial charge in [0.05, 0.1) is 5.69 Å². The number of hydrogen-bond acceptors (Lipinski definition) is 4. The van der Waals surface area contributed by atoms with Crippen molar-refractivity contribution in [1.82, 2.24) is 15.0 Å². The standard InChI is InChI=1S/C25H27N5O/c1-5-29(6-2)20-12-13-24(18(4)14-20)30-27-22-15-17(3)21(16-23(22)28-30)26-25(31)19-10-8-7-9-11-19/h7-16H,5-6H2,1-4H3,(H,26,31). The topological polar surface area (TPSA) is 63.1 Å². The van der Waals surface area contributed by atoms with E-state index < -0.39 is 0 Å². The van der Waals surface area contributed by atoms with Crippen LogP contribution in [0.15, 0.2) is 60.7 Å². The van der Waals surface area contributed by atoms with E-state index in [9.17, 15) is 4.79 Å². The highest BCUT2D eigenvalue weighted by molar-refractivity contribution is 6.05. The van der Waals surface area contributed by atoms with Crippen LogP contribution in [-0.4, -0.2) is 34.0 Å². The number of aryl methyl sites for hydroxylation is 2. The molecule has 6 nitrogen and oxygen atoms in total. The Hall–Kier alpha value is -3.67. The molecule has 1 amide bonds. The van der Waals surface area contributed by atoms with Gasteiger partial charge in [-0.15, -0.1) is 10.2 Å². The lowest BCUT2D eigenvalue weighted by atomic mass is 10.1. The van der Waals surface area contributed by atoms with Crippen LogP contribution >= 0.6 is 0 Å². The van der Waals surface area contributed by atoms with Gasteiger partial charge in [0.15, 0.2) is 0 Å². The maximum atomic E-state index is 12.6. The maximum Gasteiger partial charge on any atom is 0.255 e. The molecule has 0 unspecified atom stereocenters. The Bertz CT molecular complexity index is 1230. The average Bonchev–Trinajstić information content (AvgIpc) is 3.17. The van der Waals surface area contributed by atoms with Gasteiger partial charge in [-0.25, -0.2) is 0 Å². The summed E-state index contributed by atoms with van der Waals surface area (Å²) in [7, 11) is 0. The van der Waals surface area contributed by atoms with Crippen molar-refractivity contribution in [2.24, 2.45) is 0 Å². The highest BCUT2D eigenvalue weighted by Gasteiger charge is 2.13. The normalized spacial score (nSPS) is 11.0. The predicted molar refractivity (Wildman–Crippen MR) is 126 cm³/mol. The quantitative estimate of drug-likeness (QED) is 0.476. The summed E-state index contributed by atoms with van der Waals surface area (Å²) >= 11 is 0. The summed E-state index contributed by atoms with van der Waals surface area (Å²) in [6.07, 6.45) is 0. The van der Waals surface area contributed by atoms with E-state index in [1.54, 1.807) is 16.9 Å². The fraction of sp³-hybridized carbons (Fsp3) is 0.240. The first-order valence-corrected chi connectivity index (χ1v) is 10.6. The van der Waals surface area contributed by atoms with E-state index in [1.807, 2.05) is 37.3 Å². The Kier molecular flexibility index (Phi) is 5.71. The Balaban J connectivity index is 1.65. The van der Waals surface area contributed by atoms with E-state index >= 15 is 0 Å². The van der Waals surface area contributed by atoms with Crippen LogP contribution in [-0.2, 0) is 0 Å². The van der Waals surface area contributed by atoms with Gasteiger partial charge in [-0.1, -0.05) is 18.2 Å². The first kappa shape index (κ1) is 20.6. The van der Waals surface area contributed by atoms with Crippen LogP contribution in [0, 0.1) is 13.8 Å². The third-order valence-corrected chi connectivity index (χ3v) is 5.54. The fourth-order valence-corrected chi connectivity index (χ4v) is 3.74. The number of carbonyl (C=O) groups is 1. The van der Waals surface area contributed by atoms with E-state index in [2.05, 4.69) is 59.4 Å². The van der Waals surface area contributed by atoms with Crippen LogP contribution in [0.2, 0.25) is 0 Å². The van der Waals surface area contributed by atoms with Crippen molar-refractivity contribution < 1.29 is 4.79 Å². The second-order valence-electron chi connectivity index (χ2n) is 7.61. The van der Waals surface area contributed by atoms with Gasteiger partial charge in [-0.05, 0) is 81.3 Å². The molecule has 1 heterocycles. The molecule has 6 heteroatoms. The number of aromatic nitrogens is 3. The Morgan fingerprint density at radius 3 is 2.23 bits per heavy atom. The second-order valence-corrected chi connectivity index (χ2v) is 7.61. The molecule has 0 aliphatic heterocycles. The molecule has 0 saturated heterocycles. The van der Waals surface area contributed by atoms with Gasteiger partial charge >= 0.3 is 0 Å². The summed E-state index contributed by atoms with van der Waals surface area (Å²) in [6, 6.07) is 19.4. The molecule has 0 aliphatic carbocycles. The van der Waals surface area contributed by atoms with Crippen LogP contribution in [0.1, 0.15) is 35.3 Å². The van der Waals surface area contributed by atoms with Gasteiger partial charge in [-0.2, -0.15) is 4.80 Å². The van der Waals surface area contributed by atoms with Gasteiger partial charge < -0.3 is 10.2 Å². The Morgan fingerprint density at radius 2 is 1.58 bits per heavy atom. The molecule has 4 rings (SSSR count). The van der Waals surface area contributed by atoms with Crippen molar-refractivity contribution in [2.75, 3.05) is 23.3 Å². The fourth-order valence-electron chi connectivity index (χ4n) is 3.74. The molecule has 31 heavy (non-hydrogen) atoms. The number of nitrogens with one attached hydrogen (secondary N) is 1. The first-order chi connectivity index (χ1) is 15.0. The number of benzene rings is 3. The van der Waals surface area contributed by atoms with Gasteiger partial charge in [-0.3, -0.25) is 4.79 Å². The Morgan fingerprint density at radius 1 is 0.903 bits per heavy atom. The molecule has 1 aromatic heterocycles. The second kappa shape index (κ2) is 8.60. The lowest BCUT2D eigenvalue weighted by Gasteiger charge is -2.22. The van der Waals surface area contributed by atoms with Crippen molar-refractivity contribution in [3.05, 3.63) is 77.4 Å². The van der Waals surface area contributed by atoms with Gasteiger partial charge in [0.1, 0.15) is 11.0 Å². The van der Waals surface area contributed by atoms with Crippen molar-refractivity contribution in [1.29, 1.82) is 0 Å². The number of nitrogens with zero attached hydrogens (tertiary/aromatic N) is 4. The number of carbonyl (C=O) groups excluding carboxylic acids is 1. The molecule has 3 aromatic carbocycles. The summed E-state index contributed by atoms with van der Waals surface area (Å²) in [4.78, 5) is 16.5. The largest absolute Gasteiger partial charge is 0.372 e. The highest BCUT2D eigenvalue weighted by Crippen LogP contribution is 2.25. The molecule has 0 aliphatic rings. The average molecular weight is 414 g/mol. The molecule has 0 fully saturated rings. The zero-order chi connectivity index (χ0) is 22.0. The van der Waals surface area contributed by atoms with Crippen molar-refractivity contribution in [3.63, 3.8) is 0 Å². The smallest absolute Gasteiger partial charge is 0.255 e. The number of hydrogen-bond donors (Lipinski definition) is 1. The molecular weight excluding hydrogens is 386 g/mol.